The van der Waals surface area contributed by atoms with Gasteiger partial charge in [0.15, 0.2) is 0 Å². The van der Waals surface area contributed by atoms with Crippen LogP contribution in [0.15, 0.2) is 45.5 Å². The molecule has 2 aliphatic rings. The lowest BCUT2D eigenvalue weighted by Gasteiger charge is -2.35. The van der Waals surface area contributed by atoms with Crippen LogP contribution in [0.25, 0.3) is 0 Å². The predicted molar refractivity (Wildman–Crippen MR) is 107 cm³/mol. The fourth-order valence-corrected chi connectivity index (χ4v) is 4.00. The number of amides is 1. The van der Waals surface area contributed by atoms with Crippen LogP contribution in [0.4, 0.5) is 5.69 Å². The average molecular weight is 465 g/mol. The maximum Gasteiger partial charge on any atom is 0.341 e. The summed E-state index contributed by atoms with van der Waals surface area (Å²) >= 11 is 3.38. The minimum absolute atomic E-state index is 0.0487. The van der Waals surface area contributed by atoms with Gasteiger partial charge < -0.3 is 25.3 Å². The van der Waals surface area contributed by atoms with Crippen molar-refractivity contribution in [2.24, 2.45) is 5.73 Å². The predicted octanol–water partition coefficient (Wildman–Crippen LogP) is 2.63. The highest BCUT2D eigenvalue weighted by atomic mass is 79.9. The zero-order chi connectivity index (χ0) is 21.5. The van der Waals surface area contributed by atoms with Crippen molar-refractivity contribution in [3.63, 3.8) is 0 Å². The molecule has 0 radical (unpaired) electrons. The van der Waals surface area contributed by atoms with Crippen LogP contribution in [0.2, 0.25) is 0 Å². The van der Waals surface area contributed by atoms with Gasteiger partial charge in [0.1, 0.15) is 22.3 Å². The number of carbonyl (C=O) groups excluding carboxylic acids is 3. The van der Waals surface area contributed by atoms with Gasteiger partial charge in [-0.05, 0) is 45.9 Å². The summed E-state index contributed by atoms with van der Waals surface area (Å²) < 4.78 is 16.7. The lowest BCUT2D eigenvalue weighted by atomic mass is 9.67. The van der Waals surface area contributed by atoms with Crippen molar-refractivity contribution >= 4 is 39.5 Å². The lowest BCUT2D eigenvalue weighted by molar-refractivity contribution is -0.145. The molecule has 2 heterocycles. The highest BCUT2D eigenvalue weighted by Gasteiger charge is 2.61. The summed E-state index contributed by atoms with van der Waals surface area (Å²) in [5.74, 6) is -2.48. The Morgan fingerprint density at radius 2 is 1.97 bits per heavy atom. The first-order valence-corrected chi connectivity index (χ1v) is 9.82. The fraction of sp³-hybridized carbons (Fsp3) is 0.350. The van der Waals surface area contributed by atoms with E-state index in [9.17, 15) is 14.4 Å². The molecular weight excluding hydrogens is 444 g/mol. The third-order valence-electron chi connectivity index (χ3n) is 4.61. The summed E-state index contributed by atoms with van der Waals surface area (Å²) in [5, 5.41) is 2.74. The summed E-state index contributed by atoms with van der Waals surface area (Å²) in [6, 6.07) is 5.06. The first-order valence-electron chi connectivity index (χ1n) is 9.03. The van der Waals surface area contributed by atoms with Crippen molar-refractivity contribution in [3.05, 3.63) is 51.0 Å². The molecule has 3 rings (SSSR count). The molecule has 1 atom stereocenters. The summed E-state index contributed by atoms with van der Waals surface area (Å²) in [5.41, 5.74) is 4.65. The van der Waals surface area contributed by atoms with E-state index >= 15 is 0 Å². The number of allylic oxidation sites excluding steroid dienone is 1. The first-order chi connectivity index (χ1) is 13.6. The minimum Gasteiger partial charge on any atom is -0.462 e. The second kappa shape index (κ2) is 7.55. The quantitative estimate of drug-likeness (QED) is 0.657. The number of hydrogen-bond donors (Lipinski definition) is 2. The van der Waals surface area contributed by atoms with Crippen molar-refractivity contribution in [2.45, 2.75) is 39.2 Å². The molecule has 29 heavy (non-hydrogen) atoms. The lowest BCUT2D eigenvalue weighted by Crippen LogP contribution is -2.48. The number of halogens is 1. The largest absolute Gasteiger partial charge is 0.462 e. The molecule has 8 nitrogen and oxygen atoms in total. The van der Waals surface area contributed by atoms with Gasteiger partial charge in [-0.1, -0.05) is 15.9 Å². The fourth-order valence-electron chi connectivity index (χ4n) is 3.64. The molecule has 0 bridgehead atoms. The van der Waals surface area contributed by atoms with E-state index in [-0.39, 0.29) is 29.4 Å². The topological polar surface area (TPSA) is 117 Å². The van der Waals surface area contributed by atoms with Gasteiger partial charge in [-0.3, -0.25) is 4.79 Å². The molecule has 0 aliphatic carbocycles. The van der Waals surface area contributed by atoms with Crippen molar-refractivity contribution in [1.29, 1.82) is 0 Å². The van der Waals surface area contributed by atoms with Gasteiger partial charge in [-0.15, -0.1) is 0 Å². The van der Waals surface area contributed by atoms with E-state index in [0.29, 0.717) is 15.7 Å². The molecule has 0 saturated heterocycles. The Balaban J connectivity index is 2.38. The normalized spacial score (nSPS) is 20.6. The maximum absolute atomic E-state index is 13.4. The number of ether oxygens (including phenoxy) is 3. The van der Waals surface area contributed by atoms with E-state index in [1.807, 2.05) is 0 Å². The highest BCUT2D eigenvalue weighted by molar-refractivity contribution is 9.10. The number of fused-ring (bicyclic) bond motifs is 2. The number of esters is 2. The SMILES string of the molecule is CCOC(=O)C1=C(N)OC(C)=C(C(=O)OC(C)C)[C@@]12C(=O)Nc1ccc(Br)cc12. The summed E-state index contributed by atoms with van der Waals surface area (Å²) in [4.78, 5) is 39.4. The van der Waals surface area contributed by atoms with Gasteiger partial charge in [0, 0.05) is 15.7 Å². The summed E-state index contributed by atoms with van der Waals surface area (Å²) in [6.45, 7) is 6.53. The number of nitrogens with one attached hydrogen (secondary N) is 1. The minimum atomic E-state index is -1.86. The van der Waals surface area contributed by atoms with Crippen LogP contribution < -0.4 is 11.1 Å². The zero-order valence-corrected chi connectivity index (χ0v) is 18.0. The third kappa shape index (κ3) is 3.19. The Morgan fingerprint density at radius 1 is 1.28 bits per heavy atom. The Morgan fingerprint density at radius 3 is 2.59 bits per heavy atom. The number of nitrogens with two attached hydrogens (primary N) is 1. The van der Waals surface area contributed by atoms with Crippen LogP contribution in [-0.2, 0) is 34.0 Å². The van der Waals surface area contributed by atoms with Gasteiger partial charge >= 0.3 is 11.9 Å². The number of benzene rings is 1. The number of carbonyl (C=O) groups is 3. The molecular formula is C20H21BrN2O6. The monoisotopic (exact) mass is 464 g/mol. The Kier molecular flexibility index (Phi) is 5.44. The molecule has 1 amide bonds. The van der Waals surface area contributed by atoms with Crippen molar-refractivity contribution in [1.82, 2.24) is 0 Å². The molecule has 3 N–H and O–H groups in total. The smallest absolute Gasteiger partial charge is 0.341 e. The second-order valence-electron chi connectivity index (χ2n) is 6.84. The Bertz CT molecular complexity index is 981. The molecule has 1 aromatic rings. The van der Waals surface area contributed by atoms with Crippen LogP contribution in [0.3, 0.4) is 0 Å². The van der Waals surface area contributed by atoms with E-state index < -0.39 is 29.4 Å². The summed E-state index contributed by atoms with van der Waals surface area (Å²) in [6.07, 6.45) is -0.458. The molecule has 0 fully saturated rings. The maximum atomic E-state index is 13.4. The Labute approximate surface area is 176 Å². The van der Waals surface area contributed by atoms with Gasteiger partial charge in [-0.25, -0.2) is 9.59 Å². The highest BCUT2D eigenvalue weighted by Crippen LogP contribution is 2.53. The molecule has 9 heteroatoms. The molecule has 2 aliphatic heterocycles. The van der Waals surface area contributed by atoms with Gasteiger partial charge in [0.05, 0.1) is 12.7 Å². The van der Waals surface area contributed by atoms with Crippen molar-refractivity contribution < 1.29 is 28.6 Å². The van der Waals surface area contributed by atoms with Crippen molar-refractivity contribution in [2.75, 3.05) is 11.9 Å². The number of rotatable bonds is 4. The molecule has 0 aromatic heterocycles. The van der Waals surface area contributed by atoms with Crippen LogP contribution in [0.5, 0.6) is 0 Å². The molecule has 0 unspecified atom stereocenters. The standard InChI is InChI=1S/C20H21BrN2O6/c1-5-27-17(24)15-16(22)29-10(4)14(18(25)28-9(2)3)20(15)12-8-11(21)6-7-13(12)23-19(20)26/h6-9H,5,22H2,1-4H3,(H,23,26)/t20-/m1/s1. The van der Waals surface area contributed by atoms with E-state index in [4.69, 9.17) is 19.9 Å². The van der Waals surface area contributed by atoms with E-state index in [2.05, 4.69) is 21.2 Å². The van der Waals surface area contributed by atoms with Gasteiger partial charge in [0.2, 0.25) is 11.8 Å². The average Bonchev–Trinajstić information content (AvgIpc) is 2.86. The third-order valence-corrected chi connectivity index (χ3v) is 5.11. The second-order valence-corrected chi connectivity index (χ2v) is 7.76. The van der Waals surface area contributed by atoms with Crippen LogP contribution in [0, 0.1) is 0 Å². The van der Waals surface area contributed by atoms with Gasteiger partial charge in [0.25, 0.3) is 0 Å². The van der Waals surface area contributed by atoms with Crippen LogP contribution >= 0.6 is 15.9 Å². The Hall–Kier alpha value is -2.81. The van der Waals surface area contributed by atoms with Crippen LogP contribution in [0.1, 0.15) is 33.3 Å². The molecule has 1 aromatic carbocycles. The first kappa shape index (κ1) is 20.9. The van der Waals surface area contributed by atoms with E-state index in [1.54, 1.807) is 39.0 Å². The zero-order valence-electron chi connectivity index (χ0n) is 16.4. The van der Waals surface area contributed by atoms with Crippen LogP contribution in [-0.4, -0.2) is 30.6 Å². The molecule has 154 valence electrons. The molecule has 0 saturated carbocycles. The van der Waals surface area contributed by atoms with E-state index in [0.717, 1.165) is 0 Å². The number of anilines is 1. The van der Waals surface area contributed by atoms with Gasteiger partial charge in [-0.2, -0.15) is 0 Å². The summed E-state index contributed by atoms with van der Waals surface area (Å²) in [7, 11) is 0. The van der Waals surface area contributed by atoms with Crippen molar-refractivity contribution in [3.8, 4) is 0 Å². The van der Waals surface area contributed by atoms with E-state index in [1.165, 1.54) is 6.92 Å². The number of hydrogen-bond acceptors (Lipinski definition) is 7. The molecule has 1 spiro atoms.